The van der Waals surface area contributed by atoms with Crippen molar-refractivity contribution >= 4 is 11.8 Å². The van der Waals surface area contributed by atoms with Gasteiger partial charge in [0.1, 0.15) is 5.82 Å². The van der Waals surface area contributed by atoms with Gasteiger partial charge in [-0.3, -0.25) is 4.99 Å². The first-order valence-electron chi connectivity index (χ1n) is 10.4. The monoisotopic (exact) mass is 389 g/mol. The normalized spacial score (nSPS) is 21.9. The van der Waals surface area contributed by atoms with E-state index in [2.05, 4.69) is 44.6 Å². The van der Waals surface area contributed by atoms with Crippen LogP contribution in [0.25, 0.3) is 0 Å². The third kappa shape index (κ3) is 5.58. The second kappa shape index (κ2) is 10.1. The van der Waals surface area contributed by atoms with Crippen LogP contribution in [0.15, 0.2) is 23.3 Å². The summed E-state index contributed by atoms with van der Waals surface area (Å²) in [6, 6.07) is 4.23. The fourth-order valence-electron chi connectivity index (χ4n) is 3.92. The van der Waals surface area contributed by atoms with Crippen LogP contribution < -0.4 is 15.5 Å². The van der Waals surface area contributed by atoms with E-state index in [1.165, 1.54) is 19.3 Å². The second-order valence-electron chi connectivity index (χ2n) is 8.03. The van der Waals surface area contributed by atoms with E-state index in [1.54, 1.807) is 7.11 Å². The highest BCUT2D eigenvalue weighted by molar-refractivity contribution is 5.79. The molecule has 1 aromatic heterocycles. The number of nitrogens with one attached hydrogen (secondary N) is 2. The molecule has 1 aromatic rings. The third-order valence-corrected chi connectivity index (χ3v) is 5.94. The Bertz CT molecular complexity index is 630. The molecule has 0 amide bonds. The van der Waals surface area contributed by atoms with Gasteiger partial charge in [0.05, 0.1) is 12.7 Å². The molecular formula is C21H35N5O2. The van der Waals surface area contributed by atoms with Gasteiger partial charge in [-0.2, -0.15) is 0 Å². The molecule has 0 radical (unpaired) electrons. The second-order valence-corrected chi connectivity index (χ2v) is 8.03. The van der Waals surface area contributed by atoms with Crippen molar-refractivity contribution in [3.8, 4) is 0 Å². The Morgan fingerprint density at radius 3 is 2.86 bits per heavy atom. The highest BCUT2D eigenvalue weighted by Gasteiger charge is 2.36. The van der Waals surface area contributed by atoms with Crippen molar-refractivity contribution in [1.29, 1.82) is 0 Å². The molecule has 2 N–H and O–H groups in total. The van der Waals surface area contributed by atoms with E-state index in [0.717, 1.165) is 56.6 Å². The third-order valence-electron chi connectivity index (χ3n) is 5.94. The molecule has 1 atom stereocenters. The molecule has 2 fully saturated rings. The zero-order chi connectivity index (χ0) is 19.8. The maximum absolute atomic E-state index is 5.60. The Balaban J connectivity index is 1.45. The molecular weight excluding hydrogens is 354 g/mol. The Morgan fingerprint density at radius 1 is 1.39 bits per heavy atom. The molecule has 3 rings (SSSR count). The summed E-state index contributed by atoms with van der Waals surface area (Å²) in [4.78, 5) is 11.3. The average Bonchev–Trinajstić information content (AvgIpc) is 2.69. The summed E-state index contributed by atoms with van der Waals surface area (Å²) in [5, 5.41) is 6.90. The van der Waals surface area contributed by atoms with Crippen molar-refractivity contribution in [2.24, 2.45) is 10.4 Å². The maximum Gasteiger partial charge on any atom is 0.191 e. The fourth-order valence-corrected chi connectivity index (χ4v) is 3.92. The van der Waals surface area contributed by atoms with E-state index in [0.29, 0.717) is 12.0 Å². The predicted molar refractivity (Wildman–Crippen MR) is 113 cm³/mol. The molecule has 1 saturated carbocycles. The van der Waals surface area contributed by atoms with E-state index < -0.39 is 0 Å². The average molecular weight is 390 g/mol. The van der Waals surface area contributed by atoms with Crippen molar-refractivity contribution in [1.82, 2.24) is 15.6 Å². The minimum absolute atomic E-state index is 0.258. The van der Waals surface area contributed by atoms with Crippen LogP contribution in [0.1, 0.15) is 38.2 Å². The number of aliphatic imine (C=N–C) groups is 1. The summed E-state index contributed by atoms with van der Waals surface area (Å²) < 4.78 is 10.9. The van der Waals surface area contributed by atoms with Crippen LogP contribution in [0, 0.1) is 5.41 Å². The lowest BCUT2D eigenvalue weighted by Gasteiger charge is -2.42. The van der Waals surface area contributed by atoms with Crippen LogP contribution in [-0.4, -0.2) is 64.1 Å². The lowest BCUT2D eigenvalue weighted by atomic mass is 9.67. The first kappa shape index (κ1) is 20.9. The van der Waals surface area contributed by atoms with Crippen molar-refractivity contribution < 1.29 is 9.47 Å². The number of guanidine groups is 1. The van der Waals surface area contributed by atoms with E-state index >= 15 is 0 Å². The zero-order valence-electron chi connectivity index (χ0n) is 17.5. The van der Waals surface area contributed by atoms with E-state index in [-0.39, 0.29) is 6.10 Å². The Kier molecular flexibility index (Phi) is 7.50. The number of methoxy groups -OCH3 is 1. The first-order chi connectivity index (χ1) is 13.6. The van der Waals surface area contributed by atoms with Gasteiger partial charge in [0.15, 0.2) is 5.96 Å². The molecule has 7 heteroatoms. The number of rotatable bonds is 8. The van der Waals surface area contributed by atoms with Gasteiger partial charge in [0.25, 0.3) is 0 Å². The molecule has 1 aliphatic heterocycles. The number of aromatic nitrogens is 1. The van der Waals surface area contributed by atoms with Crippen molar-refractivity contribution in [2.75, 3.05) is 51.9 Å². The van der Waals surface area contributed by atoms with Crippen molar-refractivity contribution in [3.63, 3.8) is 0 Å². The van der Waals surface area contributed by atoms with Gasteiger partial charge in [-0.25, -0.2) is 4.98 Å². The molecule has 28 heavy (non-hydrogen) atoms. The van der Waals surface area contributed by atoms with E-state index in [4.69, 9.17) is 9.47 Å². The van der Waals surface area contributed by atoms with Gasteiger partial charge in [-0.15, -0.1) is 0 Å². The Morgan fingerprint density at radius 2 is 2.25 bits per heavy atom. The van der Waals surface area contributed by atoms with E-state index in [1.807, 2.05) is 13.2 Å². The molecule has 156 valence electrons. The fraction of sp³-hybridized carbons (Fsp3) is 0.714. The quantitative estimate of drug-likeness (QED) is 0.525. The minimum atomic E-state index is 0.258. The van der Waals surface area contributed by atoms with Gasteiger partial charge >= 0.3 is 0 Å². The number of ether oxygens (including phenoxy) is 2. The molecule has 7 nitrogen and oxygen atoms in total. The summed E-state index contributed by atoms with van der Waals surface area (Å²) in [5.41, 5.74) is 1.51. The number of nitrogens with zero attached hydrogens (tertiary/aromatic N) is 3. The Labute approximate surface area is 168 Å². The van der Waals surface area contributed by atoms with Crippen LogP contribution in [0.2, 0.25) is 0 Å². The highest BCUT2D eigenvalue weighted by Crippen LogP contribution is 2.43. The first-order valence-corrected chi connectivity index (χ1v) is 10.4. The molecule has 1 saturated heterocycles. The summed E-state index contributed by atoms with van der Waals surface area (Å²) in [7, 11) is 3.60. The molecule has 2 heterocycles. The predicted octanol–water partition coefficient (Wildman–Crippen LogP) is 2.18. The maximum atomic E-state index is 5.60. The minimum Gasteiger partial charge on any atom is -0.385 e. The molecule has 1 unspecified atom stereocenters. The van der Waals surface area contributed by atoms with Gasteiger partial charge in [-0.1, -0.05) is 12.5 Å². The SMILES string of the molecule is CN=C(NCc1ccc(N2CCOC(C)C2)nc1)NCC1(CCOC)CCC1. The van der Waals surface area contributed by atoms with Crippen LogP contribution in [0.5, 0.6) is 0 Å². The van der Waals surface area contributed by atoms with Crippen LogP contribution >= 0.6 is 0 Å². The van der Waals surface area contributed by atoms with E-state index in [9.17, 15) is 0 Å². The zero-order valence-corrected chi connectivity index (χ0v) is 17.5. The molecule has 1 aliphatic carbocycles. The molecule has 0 aromatic carbocycles. The van der Waals surface area contributed by atoms with Gasteiger partial charge in [-0.05, 0) is 43.2 Å². The molecule has 2 aliphatic rings. The van der Waals surface area contributed by atoms with Crippen LogP contribution in [0.3, 0.4) is 0 Å². The topological polar surface area (TPSA) is 71.0 Å². The Hall–Kier alpha value is -1.86. The number of pyridine rings is 1. The number of morpholine rings is 1. The summed E-state index contributed by atoms with van der Waals surface area (Å²) in [6.07, 6.45) is 7.17. The van der Waals surface area contributed by atoms with Gasteiger partial charge < -0.3 is 25.0 Å². The summed E-state index contributed by atoms with van der Waals surface area (Å²) in [6.45, 7) is 7.14. The molecule has 0 bridgehead atoms. The lowest BCUT2D eigenvalue weighted by molar-refractivity contribution is 0.0529. The largest absolute Gasteiger partial charge is 0.385 e. The van der Waals surface area contributed by atoms with Crippen LogP contribution in [-0.2, 0) is 16.0 Å². The van der Waals surface area contributed by atoms with Gasteiger partial charge in [0.2, 0.25) is 0 Å². The highest BCUT2D eigenvalue weighted by atomic mass is 16.5. The smallest absolute Gasteiger partial charge is 0.191 e. The number of hydrogen-bond acceptors (Lipinski definition) is 5. The van der Waals surface area contributed by atoms with Crippen LogP contribution in [0.4, 0.5) is 5.82 Å². The summed E-state index contributed by atoms with van der Waals surface area (Å²) in [5.74, 6) is 1.86. The standard InChI is InChI=1S/C21H35N5O2/c1-17-15-26(10-12-28-17)19-6-5-18(13-23-19)14-24-20(22-2)25-16-21(7-4-8-21)9-11-27-3/h5-6,13,17H,4,7-12,14-16H2,1-3H3,(H2,22,24,25). The van der Waals surface area contributed by atoms with Crippen molar-refractivity contribution in [3.05, 3.63) is 23.9 Å². The molecule has 0 spiro atoms. The van der Waals surface area contributed by atoms with Crippen molar-refractivity contribution in [2.45, 2.75) is 45.3 Å². The number of hydrogen-bond donors (Lipinski definition) is 2. The lowest BCUT2D eigenvalue weighted by Crippen LogP contribution is -2.46. The number of anilines is 1. The summed E-state index contributed by atoms with van der Waals surface area (Å²) >= 11 is 0. The van der Waals surface area contributed by atoms with Gasteiger partial charge in [0, 0.05) is 53.1 Å².